The Labute approximate surface area is 236 Å². The zero-order valence-electron chi connectivity index (χ0n) is 23.5. The van der Waals surface area contributed by atoms with Crippen LogP contribution in [0.2, 0.25) is 0 Å². The summed E-state index contributed by atoms with van der Waals surface area (Å²) < 4.78 is 5.51. The maximum atomic E-state index is 12.9. The molecule has 0 spiro atoms. The number of pyridine rings is 1. The van der Waals surface area contributed by atoms with Gasteiger partial charge in [-0.2, -0.15) is 0 Å². The van der Waals surface area contributed by atoms with Crippen molar-refractivity contribution in [1.82, 2.24) is 24.6 Å². The third-order valence-corrected chi connectivity index (χ3v) is 7.05. The van der Waals surface area contributed by atoms with Gasteiger partial charge in [0.25, 0.3) is 5.91 Å². The van der Waals surface area contributed by atoms with Crippen molar-refractivity contribution in [3.63, 3.8) is 0 Å². The molecule has 2 unspecified atom stereocenters. The van der Waals surface area contributed by atoms with Crippen molar-refractivity contribution < 1.29 is 14.7 Å². The second-order valence-electron chi connectivity index (χ2n) is 11.2. The number of aliphatic hydroxyl groups is 1. The zero-order chi connectivity index (χ0) is 28.4. The summed E-state index contributed by atoms with van der Waals surface area (Å²) in [5.41, 5.74) is 1.86. The van der Waals surface area contributed by atoms with Gasteiger partial charge in [-0.3, -0.25) is 9.59 Å². The van der Waals surface area contributed by atoms with Crippen LogP contribution in [-0.4, -0.2) is 63.5 Å². The Hall–Kier alpha value is -2.98. The van der Waals surface area contributed by atoms with E-state index < -0.39 is 18.1 Å². The summed E-state index contributed by atoms with van der Waals surface area (Å²) in [5, 5.41) is 17.8. The molecular weight excluding hydrogens is 510 g/mol. The molecule has 0 saturated carbocycles. The largest absolute Gasteiger partial charge is 0.390 e. The average Bonchev–Trinajstić information content (AvgIpc) is 2.89. The van der Waals surface area contributed by atoms with Gasteiger partial charge in [0.15, 0.2) is 0 Å². The summed E-state index contributed by atoms with van der Waals surface area (Å²) in [6, 6.07) is 20.2. The van der Waals surface area contributed by atoms with E-state index in [1.165, 1.54) is 12.1 Å². The molecule has 0 aliphatic heterocycles. The van der Waals surface area contributed by atoms with Crippen LogP contribution in [0.4, 0.5) is 0 Å². The molecule has 1 aromatic heterocycles. The van der Waals surface area contributed by atoms with Crippen LogP contribution in [0.15, 0.2) is 66.7 Å². The second kappa shape index (κ2) is 14.4. The van der Waals surface area contributed by atoms with Gasteiger partial charge in [-0.15, -0.1) is 0 Å². The van der Waals surface area contributed by atoms with Crippen LogP contribution in [0.1, 0.15) is 50.7 Å². The highest BCUT2D eigenvalue weighted by Gasteiger charge is 2.26. The zero-order valence-corrected chi connectivity index (χ0v) is 24.3. The Balaban J connectivity index is 1.65. The number of aromatic nitrogens is 1. The summed E-state index contributed by atoms with van der Waals surface area (Å²) in [4.78, 5) is 30.0. The molecule has 210 valence electrons. The van der Waals surface area contributed by atoms with Crippen LogP contribution < -0.4 is 15.4 Å². The number of benzene rings is 2. The molecule has 2 aromatic carbocycles. The van der Waals surface area contributed by atoms with Gasteiger partial charge in [0.05, 0.1) is 24.2 Å². The van der Waals surface area contributed by atoms with Gasteiger partial charge in [0.2, 0.25) is 5.91 Å². The lowest BCUT2D eigenvalue weighted by atomic mass is 10.0. The highest BCUT2D eigenvalue weighted by Crippen LogP contribution is 2.17. The monoisotopic (exact) mass is 551 g/mol. The number of amides is 2. The predicted molar refractivity (Wildman–Crippen MR) is 159 cm³/mol. The molecule has 1 heterocycles. The number of carbonyl (C=O) groups is 2. The summed E-state index contributed by atoms with van der Waals surface area (Å²) in [5.74, 6) is -0.406. The number of para-hydroxylation sites is 1. The van der Waals surface area contributed by atoms with E-state index in [2.05, 4.69) is 59.3 Å². The molecule has 0 saturated heterocycles. The summed E-state index contributed by atoms with van der Waals surface area (Å²) in [6.45, 7) is 11.4. The average molecular weight is 552 g/mol. The minimum absolute atomic E-state index is 0.0966. The molecule has 9 heteroatoms. The van der Waals surface area contributed by atoms with E-state index in [0.29, 0.717) is 24.4 Å². The van der Waals surface area contributed by atoms with Crippen LogP contribution in [0, 0.1) is 5.92 Å². The molecule has 0 aliphatic rings. The fraction of sp³-hybridized carbons (Fsp3) is 0.433. The fourth-order valence-electron chi connectivity index (χ4n) is 3.95. The lowest BCUT2D eigenvalue weighted by Gasteiger charge is -2.32. The normalized spacial score (nSPS) is 13.4. The van der Waals surface area contributed by atoms with Gasteiger partial charge < -0.3 is 15.7 Å². The third kappa shape index (κ3) is 10.6. The molecule has 0 aliphatic carbocycles. The highest BCUT2D eigenvalue weighted by molar-refractivity contribution is 7.95. The number of rotatable bonds is 13. The van der Waals surface area contributed by atoms with Crippen molar-refractivity contribution >= 4 is 34.9 Å². The summed E-state index contributed by atoms with van der Waals surface area (Å²) >= 11 is 1.49. The maximum absolute atomic E-state index is 12.9. The third-order valence-electron chi connectivity index (χ3n) is 5.79. The number of nitrogens with one attached hydrogen (secondary N) is 3. The Morgan fingerprint density at radius 2 is 1.67 bits per heavy atom. The Bertz CT molecular complexity index is 1220. The van der Waals surface area contributed by atoms with Gasteiger partial charge in [0.1, 0.15) is 5.69 Å². The van der Waals surface area contributed by atoms with Gasteiger partial charge in [-0.25, -0.2) is 14.0 Å². The van der Waals surface area contributed by atoms with E-state index in [0.717, 1.165) is 17.5 Å². The molecular formula is C30H41N5O3S. The molecule has 39 heavy (non-hydrogen) atoms. The van der Waals surface area contributed by atoms with E-state index in [4.69, 9.17) is 0 Å². The minimum Gasteiger partial charge on any atom is -0.390 e. The first-order chi connectivity index (χ1) is 18.5. The van der Waals surface area contributed by atoms with Crippen molar-refractivity contribution in [2.45, 2.75) is 58.7 Å². The van der Waals surface area contributed by atoms with E-state index in [1.54, 1.807) is 6.07 Å². The number of fused-ring (bicyclic) bond motifs is 1. The van der Waals surface area contributed by atoms with Gasteiger partial charge in [-0.05, 0) is 50.8 Å². The lowest BCUT2D eigenvalue weighted by molar-refractivity contribution is -0.121. The standard InChI is InChI=1S/C30H41N5O3S/c1-21(2)19-35(39-34-30(3,4)5)20-27(36)26(17-22-11-7-6-8-12-22)33-28(37)18-31-29(38)25-16-15-23-13-9-10-14-24(23)32-25/h6-16,21,26-27,34,36H,17-20H2,1-5H3,(H,31,38)(H,33,37). The molecule has 2 amide bonds. The van der Waals surface area contributed by atoms with Gasteiger partial charge in [0, 0.05) is 36.1 Å². The van der Waals surface area contributed by atoms with Gasteiger partial charge in [-0.1, -0.05) is 68.4 Å². The summed E-state index contributed by atoms with van der Waals surface area (Å²) in [7, 11) is 0. The number of hydrogen-bond acceptors (Lipinski definition) is 7. The Morgan fingerprint density at radius 3 is 2.36 bits per heavy atom. The lowest BCUT2D eigenvalue weighted by Crippen LogP contribution is -2.51. The number of carbonyl (C=O) groups excluding carboxylic acids is 2. The molecule has 0 bridgehead atoms. The van der Waals surface area contributed by atoms with E-state index in [9.17, 15) is 14.7 Å². The summed E-state index contributed by atoms with van der Waals surface area (Å²) in [6.07, 6.45) is -0.374. The molecule has 8 nitrogen and oxygen atoms in total. The van der Waals surface area contributed by atoms with E-state index in [-0.39, 0.29) is 23.7 Å². The smallest absolute Gasteiger partial charge is 0.270 e. The fourth-order valence-corrected chi connectivity index (χ4v) is 4.95. The predicted octanol–water partition coefficient (Wildman–Crippen LogP) is 3.96. The van der Waals surface area contributed by atoms with Crippen LogP contribution in [-0.2, 0) is 11.2 Å². The number of hydrogen-bond donors (Lipinski definition) is 4. The van der Waals surface area contributed by atoms with Crippen molar-refractivity contribution in [3.05, 3.63) is 78.0 Å². The molecule has 4 N–H and O–H groups in total. The first-order valence-electron chi connectivity index (χ1n) is 13.3. The molecule has 3 aromatic rings. The maximum Gasteiger partial charge on any atom is 0.270 e. The SMILES string of the molecule is CC(C)CN(CC(O)C(Cc1ccccc1)NC(=O)CNC(=O)c1ccc2ccccc2n1)SNC(C)(C)C. The second-order valence-corrected chi connectivity index (χ2v) is 12.1. The Kier molecular flexibility index (Phi) is 11.3. The van der Waals surface area contributed by atoms with Crippen molar-refractivity contribution in [3.8, 4) is 0 Å². The first-order valence-corrected chi connectivity index (χ1v) is 14.1. The van der Waals surface area contributed by atoms with E-state index >= 15 is 0 Å². The quantitative estimate of drug-likeness (QED) is 0.238. The van der Waals surface area contributed by atoms with Crippen molar-refractivity contribution in [2.24, 2.45) is 5.92 Å². The molecule has 3 rings (SSSR count). The van der Waals surface area contributed by atoms with E-state index in [1.807, 2.05) is 60.7 Å². The van der Waals surface area contributed by atoms with Gasteiger partial charge >= 0.3 is 0 Å². The van der Waals surface area contributed by atoms with Crippen LogP contribution in [0.3, 0.4) is 0 Å². The van der Waals surface area contributed by atoms with Crippen molar-refractivity contribution in [1.29, 1.82) is 0 Å². The Morgan fingerprint density at radius 1 is 0.974 bits per heavy atom. The van der Waals surface area contributed by atoms with Crippen molar-refractivity contribution in [2.75, 3.05) is 19.6 Å². The van der Waals surface area contributed by atoms with Crippen LogP contribution in [0.5, 0.6) is 0 Å². The molecule has 0 radical (unpaired) electrons. The molecule has 2 atom stereocenters. The minimum atomic E-state index is -0.833. The topological polar surface area (TPSA) is 107 Å². The number of nitrogens with zero attached hydrogens (tertiary/aromatic N) is 2. The number of aliphatic hydroxyl groups excluding tert-OH is 1. The highest BCUT2D eigenvalue weighted by atomic mass is 32.2. The van der Waals surface area contributed by atoms with Crippen LogP contribution in [0.25, 0.3) is 10.9 Å². The molecule has 0 fully saturated rings. The van der Waals surface area contributed by atoms with Crippen LogP contribution >= 0.6 is 12.1 Å². The first kappa shape index (κ1) is 30.6.